The lowest BCUT2D eigenvalue weighted by Gasteiger charge is -2.10. The Morgan fingerprint density at radius 2 is 2.19 bits per heavy atom. The molecule has 8 heteroatoms. The SMILES string of the molecule is COc1cc(Br)c(F)c(CS(=O)(=O)Cl)c1O. The minimum absolute atomic E-state index is 0.0162. The van der Waals surface area contributed by atoms with Gasteiger partial charge in [0.1, 0.15) is 5.82 Å². The van der Waals surface area contributed by atoms with E-state index in [-0.39, 0.29) is 10.2 Å². The van der Waals surface area contributed by atoms with E-state index >= 15 is 0 Å². The highest BCUT2D eigenvalue weighted by atomic mass is 79.9. The van der Waals surface area contributed by atoms with Crippen LogP contribution in [0.3, 0.4) is 0 Å². The number of hydrogen-bond donors (Lipinski definition) is 1. The lowest BCUT2D eigenvalue weighted by molar-refractivity contribution is 0.367. The van der Waals surface area contributed by atoms with E-state index in [9.17, 15) is 17.9 Å². The molecule has 1 aromatic carbocycles. The van der Waals surface area contributed by atoms with Crippen molar-refractivity contribution in [3.63, 3.8) is 0 Å². The maximum atomic E-state index is 13.5. The van der Waals surface area contributed by atoms with Crippen LogP contribution < -0.4 is 4.74 Å². The number of ether oxygens (including phenoxy) is 1. The van der Waals surface area contributed by atoms with Crippen molar-refractivity contribution in [2.45, 2.75) is 5.75 Å². The first-order chi connectivity index (χ1) is 7.26. The van der Waals surface area contributed by atoms with Gasteiger partial charge in [0.25, 0.3) is 0 Å². The van der Waals surface area contributed by atoms with Crippen LogP contribution in [0, 0.1) is 5.82 Å². The summed E-state index contributed by atoms with van der Waals surface area (Å²) in [6.07, 6.45) is 0. The Balaban J connectivity index is 3.42. The highest BCUT2D eigenvalue weighted by Crippen LogP contribution is 2.37. The number of phenolic OH excluding ortho intramolecular Hbond substituents is 1. The molecule has 1 N–H and O–H groups in total. The van der Waals surface area contributed by atoms with Gasteiger partial charge in [-0.25, -0.2) is 12.8 Å². The summed E-state index contributed by atoms with van der Waals surface area (Å²) in [5.74, 6) is -2.32. The normalized spacial score (nSPS) is 11.5. The fourth-order valence-electron chi connectivity index (χ4n) is 1.10. The van der Waals surface area contributed by atoms with Crippen molar-refractivity contribution >= 4 is 35.7 Å². The Morgan fingerprint density at radius 1 is 1.62 bits per heavy atom. The molecule has 0 unspecified atom stereocenters. The molecule has 0 aromatic heterocycles. The molecule has 0 radical (unpaired) electrons. The number of rotatable bonds is 3. The highest BCUT2D eigenvalue weighted by molar-refractivity contribution is 9.10. The molecular formula is C8H7BrClFO4S. The summed E-state index contributed by atoms with van der Waals surface area (Å²) in [6, 6.07) is 1.19. The summed E-state index contributed by atoms with van der Waals surface area (Å²) in [4.78, 5) is 0. The van der Waals surface area contributed by atoms with Crippen LogP contribution in [-0.4, -0.2) is 20.6 Å². The second-order valence-electron chi connectivity index (χ2n) is 2.88. The molecule has 0 aliphatic carbocycles. The van der Waals surface area contributed by atoms with Crippen LogP contribution in [-0.2, 0) is 14.8 Å². The van der Waals surface area contributed by atoms with Gasteiger partial charge in [-0.3, -0.25) is 0 Å². The zero-order chi connectivity index (χ0) is 12.5. The Morgan fingerprint density at radius 3 is 2.62 bits per heavy atom. The van der Waals surface area contributed by atoms with Gasteiger partial charge in [-0.05, 0) is 15.9 Å². The first kappa shape index (κ1) is 13.5. The topological polar surface area (TPSA) is 63.6 Å². The minimum Gasteiger partial charge on any atom is -0.504 e. The Labute approximate surface area is 105 Å². The molecule has 0 saturated carbocycles. The second-order valence-corrected chi connectivity index (χ2v) is 6.52. The summed E-state index contributed by atoms with van der Waals surface area (Å²) < 4.78 is 40.0. The molecular weight excluding hydrogens is 327 g/mol. The Bertz CT molecular complexity index is 517. The van der Waals surface area contributed by atoms with E-state index in [2.05, 4.69) is 15.9 Å². The Kier molecular flexibility index (Phi) is 4.03. The zero-order valence-corrected chi connectivity index (χ0v) is 11.2. The van der Waals surface area contributed by atoms with Crippen LogP contribution in [0.1, 0.15) is 5.56 Å². The van der Waals surface area contributed by atoms with Crippen LogP contribution in [0.15, 0.2) is 10.5 Å². The van der Waals surface area contributed by atoms with Gasteiger partial charge in [0, 0.05) is 16.7 Å². The van der Waals surface area contributed by atoms with Crippen molar-refractivity contribution in [3.8, 4) is 11.5 Å². The molecule has 0 atom stereocenters. The minimum atomic E-state index is -3.97. The van der Waals surface area contributed by atoms with Gasteiger partial charge in [0.15, 0.2) is 11.5 Å². The molecule has 0 bridgehead atoms. The van der Waals surface area contributed by atoms with Crippen molar-refractivity contribution < 1.29 is 22.7 Å². The molecule has 16 heavy (non-hydrogen) atoms. The molecule has 0 amide bonds. The van der Waals surface area contributed by atoms with Gasteiger partial charge >= 0.3 is 0 Å². The second kappa shape index (κ2) is 4.77. The summed E-state index contributed by atoms with van der Waals surface area (Å²) in [5.41, 5.74) is -0.429. The van der Waals surface area contributed by atoms with E-state index in [0.717, 1.165) is 0 Å². The van der Waals surface area contributed by atoms with Gasteiger partial charge in [0.2, 0.25) is 9.05 Å². The first-order valence-electron chi connectivity index (χ1n) is 3.92. The molecule has 0 fully saturated rings. The van der Waals surface area contributed by atoms with E-state index < -0.39 is 31.9 Å². The maximum Gasteiger partial charge on any atom is 0.237 e. The predicted octanol–water partition coefficient (Wildman–Crippen LogP) is 2.37. The lowest BCUT2D eigenvalue weighted by Crippen LogP contribution is -2.01. The van der Waals surface area contributed by atoms with E-state index in [1.165, 1.54) is 13.2 Å². The van der Waals surface area contributed by atoms with Gasteiger partial charge < -0.3 is 9.84 Å². The molecule has 0 spiro atoms. The standard InChI is InChI=1S/C8H7BrClFO4S/c1-15-6-2-5(9)7(11)4(8(6)12)3-16(10,13)14/h2,12H,3H2,1H3. The van der Waals surface area contributed by atoms with Gasteiger partial charge in [-0.15, -0.1) is 0 Å². The van der Waals surface area contributed by atoms with Crippen LogP contribution in [0.25, 0.3) is 0 Å². The Hall–Kier alpha value is -0.530. The number of hydrogen-bond acceptors (Lipinski definition) is 4. The van der Waals surface area contributed by atoms with Gasteiger partial charge in [-0.2, -0.15) is 0 Å². The third-order valence-electron chi connectivity index (χ3n) is 1.79. The fraction of sp³-hybridized carbons (Fsp3) is 0.250. The van der Waals surface area contributed by atoms with Crippen LogP contribution in [0.2, 0.25) is 0 Å². The average molecular weight is 334 g/mol. The number of halogens is 3. The summed E-state index contributed by atoms with van der Waals surface area (Å²) in [7, 11) is 2.29. The molecule has 90 valence electrons. The molecule has 1 aromatic rings. The van der Waals surface area contributed by atoms with E-state index in [0.29, 0.717) is 0 Å². The smallest absolute Gasteiger partial charge is 0.237 e. The summed E-state index contributed by atoms with van der Waals surface area (Å²) in [5, 5.41) is 9.55. The monoisotopic (exact) mass is 332 g/mol. The van der Waals surface area contributed by atoms with Crippen molar-refractivity contribution in [1.29, 1.82) is 0 Å². The summed E-state index contributed by atoms with van der Waals surface area (Å²) in [6.45, 7) is 0. The van der Waals surface area contributed by atoms with E-state index in [4.69, 9.17) is 15.4 Å². The average Bonchev–Trinajstić information content (AvgIpc) is 2.17. The van der Waals surface area contributed by atoms with Gasteiger partial charge in [0.05, 0.1) is 22.9 Å². The molecule has 0 aliphatic rings. The van der Waals surface area contributed by atoms with Crippen LogP contribution in [0.4, 0.5) is 4.39 Å². The number of aromatic hydroxyl groups is 1. The predicted molar refractivity (Wildman–Crippen MR) is 60.8 cm³/mol. The third kappa shape index (κ3) is 2.99. The third-order valence-corrected chi connectivity index (χ3v) is 3.33. The van der Waals surface area contributed by atoms with Crippen molar-refractivity contribution in [1.82, 2.24) is 0 Å². The van der Waals surface area contributed by atoms with Crippen LogP contribution in [0.5, 0.6) is 11.5 Å². The number of phenols is 1. The van der Waals surface area contributed by atoms with Gasteiger partial charge in [-0.1, -0.05) is 0 Å². The molecule has 0 heterocycles. The first-order valence-corrected chi connectivity index (χ1v) is 7.19. The van der Waals surface area contributed by atoms with Crippen molar-refractivity contribution in [2.75, 3.05) is 7.11 Å². The van der Waals surface area contributed by atoms with E-state index in [1.54, 1.807) is 0 Å². The van der Waals surface area contributed by atoms with Crippen LogP contribution >= 0.6 is 26.6 Å². The largest absolute Gasteiger partial charge is 0.504 e. The maximum absolute atomic E-state index is 13.5. The number of benzene rings is 1. The molecule has 1 rings (SSSR count). The number of methoxy groups -OCH3 is 1. The highest BCUT2D eigenvalue weighted by Gasteiger charge is 2.21. The van der Waals surface area contributed by atoms with Crippen molar-refractivity contribution in [3.05, 3.63) is 21.9 Å². The molecule has 0 saturated heterocycles. The zero-order valence-electron chi connectivity index (χ0n) is 8.00. The fourth-order valence-corrected chi connectivity index (χ4v) is 2.49. The van der Waals surface area contributed by atoms with Crippen molar-refractivity contribution in [2.24, 2.45) is 0 Å². The summed E-state index contributed by atoms with van der Waals surface area (Å²) >= 11 is 2.88. The lowest BCUT2D eigenvalue weighted by atomic mass is 10.2. The molecule has 4 nitrogen and oxygen atoms in total. The quantitative estimate of drug-likeness (QED) is 0.863. The van der Waals surface area contributed by atoms with E-state index in [1.807, 2.05) is 0 Å². The molecule has 0 aliphatic heterocycles.